The van der Waals surface area contributed by atoms with Crippen LogP contribution in [0.1, 0.15) is 37.3 Å². The Morgan fingerprint density at radius 1 is 1.36 bits per heavy atom. The van der Waals surface area contributed by atoms with Gasteiger partial charge < -0.3 is 14.6 Å². The number of fused-ring (bicyclic) bond motifs is 1. The maximum atomic E-state index is 6.10. The van der Waals surface area contributed by atoms with Gasteiger partial charge in [0.2, 0.25) is 0 Å². The Labute approximate surface area is 145 Å². The summed E-state index contributed by atoms with van der Waals surface area (Å²) >= 11 is 0. The van der Waals surface area contributed by atoms with Gasteiger partial charge in [-0.05, 0) is 32.8 Å². The Balaban J connectivity index is 1.55. The first-order chi connectivity index (χ1) is 12.3. The molecule has 4 rings (SSSR count). The molecule has 1 aliphatic heterocycles. The fraction of sp³-hybridized carbons (Fsp3) is 0.529. The van der Waals surface area contributed by atoms with Crippen molar-refractivity contribution in [2.45, 2.75) is 39.3 Å². The van der Waals surface area contributed by atoms with Gasteiger partial charge in [0.1, 0.15) is 23.6 Å². The van der Waals surface area contributed by atoms with E-state index >= 15 is 0 Å². The van der Waals surface area contributed by atoms with Crippen molar-refractivity contribution in [3.8, 4) is 0 Å². The van der Waals surface area contributed by atoms with Crippen LogP contribution in [0.3, 0.4) is 0 Å². The van der Waals surface area contributed by atoms with E-state index in [4.69, 9.17) is 9.26 Å². The van der Waals surface area contributed by atoms with Crippen molar-refractivity contribution in [2.75, 3.05) is 18.5 Å². The fourth-order valence-corrected chi connectivity index (χ4v) is 3.51. The molecule has 0 amide bonds. The van der Waals surface area contributed by atoms with Crippen LogP contribution >= 0.6 is 0 Å². The first kappa shape index (κ1) is 16.0. The van der Waals surface area contributed by atoms with Crippen LogP contribution in [-0.4, -0.2) is 38.1 Å². The predicted octanol–water partition coefficient (Wildman–Crippen LogP) is 2.72. The minimum absolute atomic E-state index is 0.0459. The smallest absolute Gasteiger partial charge is 0.263 e. The molecule has 2 atom stereocenters. The third-order valence-corrected chi connectivity index (χ3v) is 4.76. The van der Waals surface area contributed by atoms with E-state index in [1.807, 2.05) is 17.8 Å². The molecule has 8 nitrogen and oxygen atoms in total. The van der Waals surface area contributed by atoms with Crippen molar-refractivity contribution in [1.82, 2.24) is 24.9 Å². The van der Waals surface area contributed by atoms with Crippen molar-refractivity contribution in [2.24, 2.45) is 5.92 Å². The Morgan fingerprint density at radius 2 is 2.28 bits per heavy atom. The molecular weight excluding hydrogens is 320 g/mol. The Kier molecular flexibility index (Phi) is 4.35. The van der Waals surface area contributed by atoms with Gasteiger partial charge in [-0.3, -0.25) is 4.68 Å². The lowest BCUT2D eigenvalue weighted by Crippen LogP contribution is -2.30. The summed E-state index contributed by atoms with van der Waals surface area (Å²) in [6, 6.07) is 2.06. The van der Waals surface area contributed by atoms with Crippen LogP contribution in [0.15, 0.2) is 23.1 Å². The van der Waals surface area contributed by atoms with Crippen LogP contribution in [0.25, 0.3) is 11.1 Å². The molecule has 3 aromatic heterocycles. The van der Waals surface area contributed by atoms with Crippen molar-refractivity contribution in [1.29, 1.82) is 0 Å². The van der Waals surface area contributed by atoms with Crippen molar-refractivity contribution in [3.63, 3.8) is 0 Å². The van der Waals surface area contributed by atoms with Gasteiger partial charge in [-0.15, -0.1) is 0 Å². The zero-order valence-corrected chi connectivity index (χ0v) is 14.5. The van der Waals surface area contributed by atoms with Gasteiger partial charge in [0.25, 0.3) is 5.71 Å². The molecule has 3 aromatic rings. The standard InChI is InChI=1S/C17H22N6O2/c1-3-23-13(6-7-21-23)15-12(5-4-8-24-15)9-18-16-14-11(2)22-25-17(14)20-10-19-16/h6-7,10,12,15H,3-5,8-9H2,1-2H3,(H,18,19,20)/t12-,15+/m0/s1. The monoisotopic (exact) mass is 342 g/mol. The number of aryl methyl sites for hydroxylation is 2. The maximum Gasteiger partial charge on any atom is 0.263 e. The van der Waals surface area contributed by atoms with E-state index in [1.165, 1.54) is 6.33 Å². The third kappa shape index (κ3) is 2.97. The van der Waals surface area contributed by atoms with E-state index < -0.39 is 0 Å². The highest BCUT2D eigenvalue weighted by Crippen LogP contribution is 2.34. The average Bonchev–Trinajstić information content (AvgIpc) is 3.27. The van der Waals surface area contributed by atoms with Gasteiger partial charge in [0, 0.05) is 31.8 Å². The first-order valence-electron chi connectivity index (χ1n) is 8.72. The summed E-state index contributed by atoms with van der Waals surface area (Å²) in [6.07, 6.45) is 5.55. The summed E-state index contributed by atoms with van der Waals surface area (Å²) in [5.41, 5.74) is 2.44. The summed E-state index contributed by atoms with van der Waals surface area (Å²) in [5.74, 6) is 1.11. The highest BCUT2D eigenvalue weighted by Gasteiger charge is 2.30. The number of hydrogen-bond donors (Lipinski definition) is 1. The summed E-state index contributed by atoms with van der Waals surface area (Å²) in [5, 5.41) is 12.7. The van der Waals surface area contributed by atoms with Crippen molar-refractivity contribution in [3.05, 3.63) is 30.0 Å². The summed E-state index contributed by atoms with van der Waals surface area (Å²) < 4.78 is 13.3. The molecule has 0 radical (unpaired) electrons. The Hall–Kier alpha value is -2.48. The van der Waals surface area contributed by atoms with Crippen LogP contribution in [0, 0.1) is 12.8 Å². The third-order valence-electron chi connectivity index (χ3n) is 4.76. The number of nitrogens with zero attached hydrogens (tertiary/aromatic N) is 5. The minimum atomic E-state index is 0.0459. The van der Waals surface area contributed by atoms with Crippen LogP contribution in [0.4, 0.5) is 5.82 Å². The first-order valence-corrected chi connectivity index (χ1v) is 8.72. The number of aromatic nitrogens is 5. The molecule has 0 aliphatic carbocycles. The molecule has 0 spiro atoms. The molecule has 1 N–H and O–H groups in total. The van der Waals surface area contributed by atoms with E-state index in [1.54, 1.807) is 0 Å². The molecule has 8 heteroatoms. The second-order valence-corrected chi connectivity index (χ2v) is 6.32. The molecule has 1 fully saturated rings. The normalized spacial score (nSPS) is 20.9. The lowest BCUT2D eigenvalue weighted by atomic mass is 9.92. The Bertz CT molecular complexity index is 858. The molecule has 0 bridgehead atoms. The minimum Gasteiger partial charge on any atom is -0.372 e. The van der Waals surface area contributed by atoms with E-state index in [2.05, 4.69) is 38.5 Å². The van der Waals surface area contributed by atoms with E-state index in [0.29, 0.717) is 11.6 Å². The van der Waals surface area contributed by atoms with E-state index in [0.717, 1.165) is 55.1 Å². The van der Waals surface area contributed by atoms with Gasteiger partial charge in [-0.25, -0.2) is 4.98 Å². The highest BCUT2D eigenvalue weighted by molar-refractivity contribution is 5.87. The maximum absolute atomic E-state index is 6.10. The Morgan fingerprint density at radius 3 is 3.16 bits per heavy atom. The zero-order valence-electron chi connectivity index (χ0n) is 14.5. The van der Waals surface area contributed by atoms with Crippen LogP contribution in [-0.2, 0) is 11.3 Å². The molecule has 25 heavy (non-hydrogen) atoms. The predicted molar refractivity (Wildman–Crippen MR) is 92.1 cm³/mol. The summed E-state index contributed by atoms with van der Waals surface area (Å²) in [7, 11) is 0. The van der Waals surface area contributed by atoms with E-state index in [9.17, 15) is 0 Å². The second-order valence-electron chi connectivity index (χ2n) is 6.32. The van der Waals surface area contributed by atoms with Gasteiger partial charge in [0.05, 0.1) is 11.4 Å². The molecule has 4 heterocycles. The summed E-state index contributed by atoms with van der Waals surface area (Å²) in [4.78, 5) is 8.48. The molecule has 132 valence electrons. The average molecular weight is 342 g/mol. The zero-order chi connectivity index (χ0) is 17.2. The summed E-state index contributed by atoms with van der Waals surface area (Å²) in [6.45, 7) is 6.38. The number of hydrogen-bond acceptors (Lipinski definition) is 7. The lowest BCUT2D eigenvalue weighted by Gasteiger charge is -2.32. The molecule has 0 unspecified atom stereocenters. The quantitative estimate of drug-likeness (QED) is 0.762. The topological polar surface area (TPSA) is 90.9 Å². The van der Waals surface area contributed by atoms with Crippen molar-refractivity contribution >= 4 is 16.9 Å². The molecule has 0 aromatic carbocycles. The number of rotatable bonds is 5. The molecule has 0 saturated carbocycles. The van der Waals surface area contributed by atoms with Crippen LogP contribution in [0.2, 0.25) is 0 Å². The largest absolute Gasteiger partial charge is 0.372 e. The number of anilines is 1. The fourth-order valence-electron chi connectivity index (χ4n) is 3.51. The SMILES string of the molecule is CCn1nccc1[C@@H]1OCCC[C@H]1CNc1ncnc2onc(C)c12. The van der Waals surface area contributed by atoms with Crippen LogP contribution in [0.5, 0.6) is 0 Å². The van der Waals surface area contributed by atoms with Gasteiger partial charge in [0.15, 0.2) is 0 Å². The van der Waals surface area contributed by atoms with Gasteiger partial charge in [-0.1, -0.05) is 5.16 Å². The van der Waals surface area contributed by atoms with Gasteiger partial charge in [-0.2, -0.15) is 10.1 Å². The molecular formula is C17H22N6O2. The van der Waals surface area contributed by atoms with Crippen LogP contribution < -0.4 is 5.32 Å². The lowest BCUT2D eigenvalue weighted by molar-refractivity contribution is -0.0288. The van der Waals surface area contributed by atoms with Crippen molar-refractivity contribution < 1.29 is 9.26 Å². The number of ether oxygens (including phenoxy) is 1. The number of nitrogens with one attached hydrogen (secondary N) is 1. The van der Waals surface area contributed by atoms with Gasteiger partial charge >= 0.3 is 0 Å². The van der Waals surface area contributed by atoms with E-state index in [-0.39, 0.29) is 6.10 Å². The second kappa shape index (κ2) is 6.79. The molecule has 1 aliphatic rings. The molecule has 1 saturated heterocycles. The highest BCUT2D eigenvalue weighted by atomic mass is 16.5.